The third kappa shape index (κ3) is 3.20. The lowest BCUT2D eigenvalue weighted by molar-refractivity contribution is 0.0972. The minimum Gasteiger partial charge on any atom is -0.295 e. The summed E-state index contributed by atoms with van der Waals surface area (Å²) in [7, 11) is 0. The summed E-state index contributed by atoms with van der Waals surface area (Å²) >= 11 is 3.22. The first-order chi connectivity index (χ1) is 9.33. The number of piperazine rings is 1. The zero-order valence-corrected chi connectivity index (χ0v) is 12.7. The summed E-state index contributed by atoms with van der Waals surface area (Å²) in [6, 6.07) is 2.78. The molecule has 1 atom stereocenters. The molecule has 0 aromatic carbocycles. The van der Waals surface area contributed by atoms with E-state index in [-0.39, 0.29) is 0 Å². The summed E-state index contributed by atoms with van der Waals surface area (Å²) in [4.78, 5) is 5.03. The van der Waals surface area contributed by atoms with Crippen molar-refractivity contribution in [3.05, 3.63) is 33.5 Å². The molecule has 1 fully saturated rings. The molecule has 1 aliphatic heterocycles. The van der Waals surface area contributed by atoms with Crippen LogP contribution in [0.1, 0.15) is 24.2 Å². The SMILES string of the molecule is CC(c1ccsc1)N1CCN(Cc2csnn2)CC1. The molecule has 1 aliphatic rings. The third-order valence-corrected chi connectivity index (χ3v) is 5.03. The first-order valence-electron chi connectivity index (χ1n) is 6.57. The Morgan fingerprint density at radius 1 is 1.26 bits per heavy atom. The molecule has 0 spiro atoms. The fraction of sp³-hybridized carbons (Fsp3) is 0.538. The average Bonchev–Trinajstić information content (AvgIpc) is 3.12. The van der Waals surface area contributed by atoms with E-state index in [1.165, 1.54) is 17.1 Å². The topological polar surface area (TPSA) is 32.3 Å². The van der Waals surface area contributed by atoms with Crippen molar-refractivity contribution in [3.8, 4) is 0 Å². The smallest absolute Gasteiger partial charge is 0.0895 e. The standard InChI is InChI=1S/C13H18N4S2/c1-11(12-2-7-18-9-12)17-5-3-16(4-6-17)8-13-10-19-15-14-13/h2,7,9-11H,3-6,8H2,1H3. The number of hydrogen-bond donors (Lipinski definition) is 0. The second kappa shape index (κ2) is 6.09. The lowest BCUT2D eigenvalue weighted by atomic mass is 10.1. The Labute approximate surface area is 121 Å². The first kappa shape index (κ1) is 13.2. The van der Waals surface area contributed by atoms with Crippen LogP contribution >= 0.6 is 22.9 Å². The van der Waals surface area contributed by atoms with Crippen molar-refractivity contribution in [1.82, 2.24) is 19.4 Å². The number of aromatic nitrogens is 2. The molecule has 0 amide bonds. The normalized spacial score (nSPS) is 19.6. The Morgan fingerprint density at radius 3 is 2.74 bits per heavy atom. The maximum Gasteiger partial charge on any atom is 0.0895 e. The summed E-state index contributed by atoms with van der Waals surface area (Å²) in [5.74, 6) is 0. The Balaban J connectivity index is 1.52. The molecular weight excluding hydrogens is 276 g/mol. The second-order valence-corrected chi connectivity index (χ2v) is 6.33. The Kier molecular flexibility index (Phi) is 4.22. The zero-order chi connectivity index (χ0) is 13.1. The van der Waals surface area contributed by atoms with E-state index in [0.717, 1.165) is 38.4 Å². The second-order valence-electron chi connectivity index (χ2n) is 4.94. The van der Waals surface area contributed by atoms with Crippen molar-refractivity contribution in [1.29, 1.82) is 0 Å². The number of rotatable bonds is 4. The van der Waals surface area contributed by atoms with Gasteiger partial charge in [0.15, 0.2) is 0 Å². The molecule has 6 heteroatoms. The van der Waals surface area contributed by atoms with E-state index in [1.807, 2.05) is 5.38 Å². The molecule has 0 saturated carbocycles. The van der Waals surface area contributed by atoms with Crippen molar-refractivity contribution < 1.29 is 0 Å². The van der Waals surface area contributed by atoms with Crippen molar-refractivity contribution in [2.24, 2.45) is 0 Å². The van der Waals surface area contributed by atoms with Crippen molar-refractivity contribution in [3.63, 3.8) is 0 Å². The van der Waals surface area contributed by atoms with E-state index in [4.69, 9.17) is 0 Å². The van der Waals surface area contributed by atoms with Gasteiger partial charge < -0.3 is 0 Å². The van der Waals surface area contributed by atoms with Gasteiger partial charge in [-0.1, -0.05) is 4.49 Å². The van der Waals surface area contributed by atoms with E-state index in [1.54, 1.807) is 11.3 Å². The van der Waals surface area contributed by atoms with Crippen LogP contribution in [0.3, 0.4) is 0 Å². The van der Waals surface area contributed by atoms with Crippen molar-refractivity contribution in [2.45, 2.75) is 19.5 Å². The van der Waals surface area contributed by atoms with E-state index in [0.29, 0.717) is 6.04 Å². The van der Waals surface area contributed by atoms with Crippen LogP contribution in [-0.4, -0.2) is 45.6 Å². The van der Waals surface area contributed by atoms with Gasteiger partial charge in [0.25, 0.3) is 0 Å². The van der Waals surface area contributed by atoms with Gasteiger partial charge in [0.2, 0.25) is 0 Å². The molecule has 2 aromatic heterocycles. The zero-order valence-electron chi connectivity index (χ0n) is 11.0. The van der Waals surface area contributed by atoms with E-state index < -0.39 is 0 Å². The molecule has 1 unspecified atom stereocenters. The van der Waals surface area contributed by atoms with Gasteiger partial charge in [-0.05, 0) is 40.8 Å². The van der Waals surface area contributed by atoms with Gasteiger partial charge in [-0.3, -0.25) is 9.80 Å². The maximum absolute atomic E-state index is 4.12. The molecule has 3 heterocycles. The highest BCUT2D eigenvalue weighted by Gasteiger charge is 2.22. The molecule has 19 heavy (non-hydrogen) atoms. The Bertz CT molecular complexity index is 475. The fourth-order valence-corrected chi connectivity index (χ4v) is 3.70. The van der Waals surface area contributed by atoms with Crippen LogP contribution in [0.25, 0.3) is 0 Å². The third-order valence-electron chi connectivity index (χ3n) is 3.77. The van der Waals surface area contributed by atoms with Crippen molar-refractivity contribution >= 4 is 22.9 Å². The number of thiophene rings is 1. The minimum absolute atomic E-state index is 0.536. The van der Waals surface area contributed by atoms with Gasteiger partial charge in [0.1, 0.15) is 0 Å². The fourth-order valence-electron chi connectivity index (χ4n) is 2.51. The van der Waals surface area contributed by atoms with Crippen LogP contribution in [0.15, 0.2) is 22.2 Å². The molecule has 4 nitrogen and oxygen atoms in total. The van der Waals surface area contributed by atoms with Crippen LogP contribution in [-0.2, 0) is 6.54 Å². The highest BCUT2D eigenvalue weighted by atomic mass is 32.1. The summed E-state index contributed by atoms with van der Waals surface area (Å²) in [5.41, 5.74) is 2.55. The highest BCUT2D eigenvalue weighted by Crippen LogP contribution is 2.23. The van der Waals surface area contributed by atoms with Crippen molar-refractivity contribution in [2.75, 3.05) is 26.2 Å². The van der Waals surface area contributed by atoms with Gasteiger partial charge in [-0.2, -0.15) is 11.3 Å². The van der Waals surface area contributed by atoms with E-state index >= 15 is 0 Å². The van der Waals surface area contributed by atoms with Gasteiger partial charge in [-0.25, -0.2) is 0 Å². The molecule has 0 aliphatic carbocycles. The lowest BCUT2D eigenvalue weighted by Crippen LogP contribution is -2.46. The summed E-state index contributed by atoms with van der Waals surface area (Å²) in [6.45, 7) is 7.75. The predicted octanol–water partition coefficient (Wildman–Crippen LogP) is 2.48. The van der Waals surface area contributed by atoms with Gasteiger partial charge >= 0.3 is 0 Å². The highest BCUT2D eigenvalue weighted by molar-refractivity contribution is 7.08. The number of hydrogen-bond acceptors (Lipinski definition) is 6. The predicted molar refractivity (Wildman–Crippen MR) is 79.5 cm³/mol. The van der Waals surface area contributed by atoms with Crippen LogP contribution in [0.2, 0.25) is 0 Å². The molecule has 2 aromatic rings. The van der Waals surface area contributed by atoms with Gasteiger partial charge in [0.05, 0.1) is 5.69 Å². The van der Waals surface area contributed by atoms with E-state index in [2.05, 4.69) is 43.1 Å². The Morgan fingerprint density at radius 2 is 2.11 bits per heavy atom. The van der Waals surface area contributed by atoms with Crippen LogP contribution in [0, 0.1) is 0 Å². The molecule has 102 valence electrons. The lowest BCUT2D eigenvalue weighted by Gasteiger charge is -2.37. The number of nitrogens with zero attached hydrogens (tertiary/aromatic N) is 4. The summed E-state index contributed by atoms with van der Waals surface area (Å²) in [6.07, 6.45) is 0. The molecule has 0 bridgehead atoms. The first-order valence-corrected chi connectivity index (χ1v) is 8.35. The summed E-state index contributed by atoms with van der Waals surface area (Å²) in [5, 5.41) is 10.6. The molecule has 1 saturated heterocycles. The minimum atomic E-state index is 0.536. The van der Waals surface area contributed by atoms with Gasteiger partial charge in [-0.15, -0.1) is 5.10 Å². The van der Waals surface area contributed by atoms with E-state index in [9.17, 15) is 0 Å². The molecular formula is C13H18N4S2. The van der Waals surface area contributed by atoms with Crippen LogP contribution in [0.4, 0.5) is 0 Å². The van der Waals surface area contributed by atoms with Gasteiger partial charge in [0, 0.05) is 44.1 Å². The largest absolute Gasteiger partial charge is 0.295 e. The molecule has 0 N–H and O–H groups in total. The maximum atomic E-state index is 4.12. The molecule has 0 radical (unpaired) electrons. The average molecular weight is 294 g/mol. The monoisotopic (exact) mass is 294 g/mol. The Hall–Kier alpha value is -0.820. The van der Waals surface area contributed by atoms with Crippen LogP contribution < -0.4 is 0 Å². The van der Waals surface area contributed by atoms with Crippen LogP contribution in [0.5, 0.6) is 0 Å². The quantitative estimate of drug-likeness (QED) is 0.867. The summed E-state index contributed by atoms with van der Waals surface area (Å²) < 4.78 is 3.92. The molecule has 3 rings (SSSR count).